The van der Waals surface area contributed by atoms with Crippen LogP contribution in [0, 0.1) is 0 Å². The molecule has 0 amide bonds. The molecule has 3 nitrogen and oxygen atoms in total. The maximum Gasteiger partial charge on any atom is 0.422 e. The SMILES string of the molecule is NCc1cnc(OCC(F)(F)F)c(Cl)c1. The first-order valence-corrected chi connectivity index (χ1v) is 4.34. The lowest BCUT2D eigenvalue weighted by Gasteiger charge is -2.09. The Balaban J connectivity index is 2.70. The van der Waals surface area contributed by atoms with Gasteiger partial charge in [0.25, 0.3) is 0 Å². The topological polar surface area (TPSA) is 48.1 Å². The molecule has 0 saturated carbocycles. The van der Waals surface area contributed by atoms with Gasteiger partial charge in [-0.05, 0) is 11.6 Å². The minimum absolute atomic E-state index is 0.0159. The smallest absolute Gasteiger partial charge is 0.422 e. The molecule has 84 valence electrons. The maximum absolute atomic E-state index is 11.8. The first-order valence-electron chi connectivity index (χ1n) is 3.96. The Kier molecular flexibility index (Phi) is 3.76. The van der Waals surface area contributed by atoms with Crippen molar-refractivity contribution in [3.8, 4) is 5.88 Å². The van der Waals surface area contributed by atoms with Gasteiger partial charge in [-0.15, -0.1) is 0 Å². The normalized spacial score (nSPS) is 11.5. The zero-order chi connectivity index (χ0) is 11.5. The Morgan fingerprint density at radius 2 is 2.13 bits per heavy atom. The molecule has 1 aromatic rings. The van der Waals surface area contributed by atoms with Crippen molar-refractivity contribution in [2.24, 2.45) is 5.73 Å². The van der Waals surface area contributed by atoms with E-state index in [4.69, 9.17) is 17.3 Å². The van der Waals surface area contributed by atoms with Crippen LogP contribution in [0.5, 0.6) is 5.88 Å². The molecule has 0 aliphatic carbocycles. The first kappa shape index (κ1) is 12.1. The minimum Gasteiger partial charge on any atom is -0.467 e. The second-order valence-corrected chi connectivity index (χ2v) is 3.15. The Labute approximate surface area is 89.0 Å². The third kappa shape index (κ3) is 3.93. The summed E-state index contributed by atoms with van der Waals surface area (Å²) in [4.78, 5) is 3.62. The third-order valence-corrected chi connectivity index (χ3v) is 1.74. The van der Waals surface area contributed by atoms with Crippen molar-refractivity contribution in [1.82, 2.24) is 4.98 Å². The van der Waals surface area contributed by atoms with Gasteiger partial charge in [-0.3, -0.25) is 0 Å². The molecular weight excluding hydrogens is 233 g/mol. The van der Waals surface area contributed by atoms with Gasteiger partial charge in [0.2, 0.25) is 5.88 Å². The van der Waals surface area contributed by atoms with E-state index in [1.807, 2.05) is 0 Å². The van der Waals surface area contributed by atoms with Gasteiger partial charge >= 0.3 is 6.18 Å². The van der Waals surface area contributed by atoms with E-state index in [1.54, 1.807) is 0 Å². The van der Waals surface area contributed by atoms with Crippen LogP contribution in [0.1, 0.15) is 5.56 Å². The summed E-state index contributed by atoms with van der Waals surface area (Å²) in [7, 11) is 0. The highest BCUT2D eigenvalue weighted by Crippen LogP contribution is 2.24. The van der Waals surface area contributed by atoms with Gasteiger partial charge in [0.15, 0.2) is 6.61 Å². The molecule has 1 aromatic heterocycles. The van der Waals surface area contributed by atoms with Crippen molar-refractivity contribution in [3.63, 3.8) is 0 Å². The number of pyridine rings is 1. The number of hydrogen-bond acceptors (Lipinski definition) is 3. The highest BCUT2D eigenvalue weighted by molar-refractivity contribution is 6.31. The lowest BCUT2D eigenvalue weighted by atomic mass is 10.3. The molecule has 0 radical (unpaired) electrons. The van der Waals surface area contributed by atoms with Crippen LogP contribution in [-0.2, 0) is 6.54 Å². The highest BCUT2D eigenvalue weighted by Gasteiger charge is 2.29. The van der Waals surface area contributed by atoms with Gasteiger partial charge in [0, 0.05) is 12.7 Å². The number of ether oxygens (including phenoxy) is 1. The summed E-state index contributed by atoms with van der Waals surface area (Å²) >= 11 is 5.63. The summed E-state index contributed by atoms with van der Waals surface area (Å²) in [5.74, 6) is -0.244. The zero-order valence-electron chi connectivity index (χ0n) is 7.51. The number of nitrogens with zero attached hydrogens (tertiary/aromatic N) is 1. The molecule has 15 heavy (non-hydrogen) atoms. The molecule has 1 heterocycles. The number of aromatic nitrogens is 1. The average molecular weight is 241 g/mol. The molecular formula is C8H8ClF3N2O. The van der Waals surface area contributed by atoms with Crippen LogP contribution in [0.4, 0.5) is 13.2 Å². The summed E-state index contributed by atoms with van der Waals surface area (Å²) in [6, 6.07) is 1.42. The number of alkyl halides is 3. The molecule has 2 N–H and O–H groups in total. The van der Waals surface area contributed by atoms with Crippen LogP contribution in [0.2, 0.25) is 5.02 Å². The molecule has 0 spiro atoms. The van der Waals surface area contributed by atoms with Crippen molar-refractivity contribution < 1.29 is 17.9 Å². The molecule has 0 aromatic carbocycles. The monoisotopic (exact) mass is 240 g/mol. The number of hydrogen-bond donors (Lipinski definition) is 1. The van der Waals surface area contributed by atoms with Gasteiger partial charge in [-0.25, -0.2) is 4.98 Å². The standard InChI is InChI=1S/C8H8ClF3N2O/c9-6-1-5(2-13)3-14-7(6)15-4-8(10,11)12/h1,3H,2,4,13H2. The van der Waals surface area contributed by atoms with Crippen LogP contribution in [0.15, 0.2) is 12.3 Å². The van der Waals surface area contributed by atoms with Crippen LogP contribution in [-0.4, -0.2) is 17.8 Å². The quantitative estimate of drug-likeness (QED) is 0.881. The second kappa shape index (κ2) is 4.67. The van der Waals surface area contributed by atoms with Crippen LogP contribution < -0.4 is 10.5 Å². The highest BCUT2D eigenvalue weighted by atomic mass is 35.5. The summed E-state index contributed by atoms with van der Waals surface area (Å²) < 4.78 is 39.8. The van der Waals surface area contributed by atoms with E-state index in [2.05, 4.69) is 9.72 Å². The zero-order valence-corrected chi connectivity index (χ0v) is 8.27. The Hall–Kier alpha value is -1.01. The molecule has 0 aliphatic rings. The van der Waals surface area contributed by atoms with Crippen LogP contribution >= 0.6 is 11.6 Å². The molecule has 0 saturated heterocycles. The minimum atomic E-state index is -4.41. The Bertz CT molecular complexity index is 343. The van der Waals surface area contributed by atoms with Crippen molar-refractivity contribution in [2.45, 2.75) is 12.7 Å². The lowest BCUT2D eigenvalue weighted by Crippen LogP contribution is -2.19. The molecule has 0 fully saturated rings. The first-order chi connectivity index (χ1) is 6.92. The summed E-state index contributed by atoms with van der Waals surface area (Å²) in [5.41, 5.74) is 5.92. The largest absolute Gasteiger partial charge is 0.467 e. The third-order valence-electron chi connectivity index (χ3n) is 1.47. The van der Waals surface area contributed by atoms with Gasteiger partial charge < -0.3 is 10.5 Å². The van der Waals surface area contributed by atoms with E-state index in [-0.39, 0.29) is 17.4 Å². The van der Waals surface area contributed by atoms with Crippen molar-refractivity contribution in [1.29, 1.82) is 0 Å². The number of nitrogens with two attached hydrogens (primary N) is 1. The molecule has 0 bridgehead atoms. The molecule has 0 unspecified atom stereocenters. The van der Waals surface area contributed by atoms with Crippen molar-refractivity contribution in [2.75, 3.05) is 6.61 Å². The fraction of sp³-hybridized carbons (Fsp3) is 0.375. The van der Waals surface area contributed by atoms with Crippen LogP contribution in [0.3, 0.4) is 0 Å². The predicted octanol–water partition coefficient (Wildman–Crippen LogP) is 2.13. The van der Waals surface area contributed by atoms with Gasteiger partial charge in [-0.2, -0.15) is 13.2 Å². The van der Waals surface area contributed by atoms with Gasteiger partial charge in [0.1, 0.15) is 5.02 Å². The fourth-order valence-corrected chi connectivity index (χ4v) is 1.08. The van der Waals surface area contributed by atoms with Crippen LogP contribution in [0.25, 0.3) is 0 Å². The van der Waals surface area contributed by atoms with Crippen molar-refractivity contribution >= 4 is 11.6 Å². The number of halogens is 4. The number of rotatable bonds is 3. The fourth-order valence-electron chi connectivity index (χ4n) is 0.833. The van der Waals surface area contributed by atoms with E-state index in [0.29, 0.717) is 5.56 Å². The molecule has 7 heteroatoms. The van der Waals surface area contributed by atoms with Crippen molar-refractivity contribution in [3.05, 3.63) is 22.8 Å². The van der Waals surface area contributed by atoms with Gasteiger partial charge in [-0.1, -0.05) is 11.6 Å². The van der Waals surface area contributed by atoms with E-state index < -0.39 is 12.8 Å². The second-order valence-electron chi connectivity index (χ2n) is 2.74. The molecule has 0 atom stereocenters. The van der Waals surface area contributed by atoms with E-state index in [9.17, 15) is 13.2 Å². The van der Waals surface area contributed by atoms with Gasteiger partial charge in [0.05, 0.1) is 0 Å². The molecule has 1 rings (SSSR count). The summed E-state index contributed by atoms with van der Waals surface area (Å²) in [5, 5.41) is 0.0159. The summed E-state index contributed by atoms with van der Waals surface area (Å²) in [6.07, 6.45) is -3.09. The van der Waals surface area contributed by atoms with E-state index >= 15 is 0 Å². The van der Waals surface area contributed by atoms with E-state index in [0.717, 1.165) is 0 Å². The average Bonchev–Trinajstić information content (AvgIpc) is 2.14. The Morgan fingerprint density at radius 1 is 1.47 bits per heavy atom. The summed E-state index contributed by atoms with van der Waals surface area (Å²) in [6.45, 7) is -1.20. The predicted molar refractivity (Wildman–Crippen MR) is 48.7 cm³/mol. The Morgan fingerprint density at radius 3 is 2.60 bits per heavy atom. The maximum atomic E-state index is 11.8. The molecule has 0 aliphatic heterocycles. The van der Waals surface area contributed by atoms with E-state index in [1.165, 1.54) is 12.3 Å². The lowest BCUT2D eigenvalue weighted by molar-refractivity contribution is -0.154.